The molecule has 0 aromatic heterocycles. The molecule has 3 saturated heterocycles. The second-order valence-electron chi connectivity index (χ2n) is 25.0. The van der Waals surface area contributed by atoms with E-state index in [9.17, 15) is 19.5 Å². The molecular weight excluding hydrogens is 997 g/mol. The van der Waals surface area contributed by atoms with Gasteiger partial charge in [0.05, 0.1) is 56.8 Å². The first-order valence-corrected chi connectivity index (χ1v) is 33.1. The highest BCUT2D eigenvalue weighted by molar-refractivity contribution is 6.99. The molecule has 0 unspecified atom stereocenters. The van der Waals surface area contributed by atoms with E-state index in [-0.39, 0.29) is 68.2 Å². The topological polar surface area (TPSA) is 162 Å². The SMILES string of the molecule is CCCCCCCC(=O)O[C@H]1/C(=C/C(=O)OC)C[C@H]2C[C@H](CO[Si](C)(C)C(C)(C)C)OC(=O)C[C@H](O[Si](c3ccccc3)(c3ccccc3)C(C)(C)C)C[C@@H]3CCC[C@H](C[C@@H]4CC(=O)C[C@H](/C=C/C(C)(C)[C@]1(O)O2)O4)O3. The Hall–Kier alpha value is -3.81. The van der Waals surface area contributed by atoms with Gasteiger partial charge in [-0.25, -0.2) is 4.79 Å². The van der Waals surface area contributed by atoms with Crippen molar-refractivity contribution < 1.29 is 61.6 Å². The van der Waals surface area contributed by atoms with Gasteiger partial charge in [0.1, 0.15) is 11.9 Å². The number of hydrogen-bond donors (Lipinski definition) is 1. The molecule has 3 fully saturated rings. The van der Waals surface area contributed by atoms with Gasteiger partial charge in [0.25, 0.3) is 8.32 Å². The molecule has 0 saturated carbocycles. The molecule has 0 radical (unpaired) electrons. The summed E-state index contributed by atoms with van der Waals surface area (Å²) in [6, 6.07) is 20.7. The van der Waals surface area contributed by atoms with Crippen LogP contribution >= 0.6 is 0 Å². The van der Waals surface area contributed by atoms with Gasteiger partial charge < -0.3 is 42.4 Å². The number of carbonyl (C=O) groups excluding carboxylic acids is 4. The molecule has 0 amide bonds. The van der Waals surface area contributed by atoms with E-state index >= 15 is 4.79 Å². The molecule has 6 rings (SSSR count). The van der Waals surface area contributed by atoms with Gasteiger partial charge >= 0.3 is 17.9 Å². The van der Waals surface area contributed by atoms with Crippen molar-refractivity contribution in [2.75, 3.05) is 13.7 Å². The lowest BCUT2D eigenvalue weighted by atomic mass is 9.74. The van der Waals surface area contributed by atoms with Crippen LogP contribution in [0.4, 0.5) is 0 Å². The number of hydrogen-bond acceptors (Lipinski definition) is 13. The Labute approximate surface area is 456 Å². The van der Waals surface area contributed by atoms with E-state index in [1.807, 2.05) is 36.4 Å². The predicted octanol–water partition coefficient (Wildman–Crippen LogP) is 10.9. The zero-order valence-electron chi connectivity index (χ0n) is 48.0. The fourth-order valence-corrected chi connectivity index (χ4v) is 16.9. The van der Waals surface area contributed by atoms with Gasteiger partial charge in [-0.1, -0.05) is 161 Å². The highest BCUT2D eigenvalue weighted by atomic mass is 28.4. The van der Waals surface area contributed by atoms with Crippen LogP contribution in [0.3, 0.4) is 0 Å². The predicted molar refractivity (Wildman–Crippen MR) is 300 cm³/mol. The molecule has 4 aliphatic heterocycles. The molecule has 15 heteroatoms. The van der Waals surface area contributed by atoms with Crippen molar-refractivity contribution in [1.29, 1.82) is 0 Å². The fourth-order valence-electron chi connectivity index (χ4n) is 11.2. The van der Waals surface area contributed by atoms with Gasteiger partial charge in [-0.2, -0.15) is 0 Å². The third-order valence-corrected chi connectivity index (χ3v) is 26.1. The second-order valence-corrected chi connectivity index (χ2v) is 34.1. The minimum absolute atomic E-state index is 0.0293. The van der Waals surface area contributed by atoms with Gasteiger partial charge in [-0.05, 0) is 77.6 Å². The van der Waals surface area contributed by atoms with E-state index in [1.54, 1.807) is 26.0 Å². The number of ether oxygens (including phenoxy) is 6. The number of Topliss-reactive ketones (excluding diaryl/α,β-unsaturated/α-hetero) is 1. The highest BCUT2D eigenvalue weighted by Crippen LogP contribution is 2.48. The minimum atomic E-state index is -3.23. The maximum Gasteiger partial charge on any atom is 0.330 e. The van der Waals surface area contributed by atoms with Crippen LogP contribution in [0.25, 0.3) is 0 Å². The lowest BCUT2D eigenvalue weighted by molar-refractivity contribution is -0.327. The van der Waals surface area contributed by atoms with Crippen LogP contribution in [-0.4, -0.2) is 114 Å². The molecular formula is C61H92O13Si2. The quantitative estimate of drug-likeness (QED) is 0.0448. The number of fused-ring (bicyclic) bond motifs is 6. The van der Waals surface area contributed by atoms with Gasteiger partial charge in [-0.15, -0.1) is 0 Å². The van der Waals surface area contributed by atoms with Crippen LogP contribution in [0.5, 0.6) is 0 Å². The zero-order chi connectivity index (χ0) is 55.5. The normalized spacial score (nSPS) is 29.2. The van der Waals surface area contributed by atoms with Crippen LogP contribution in [0.15, 0.2) is 84.5 Å². The lowest BCUT2D eigenvalue weighted by Gasteiger charge is -2.51. The monoisotopic (exact) mass is 1090 g/mol. The first kappa shape index (κ1) is 61.4. The third kappa shape index (κ3) is 15.7. The Morgan fingerprint density at radius 2 is 1.41 bits per heavy atom. The van der Waals surface area contributed by atoms with Crippen molar-refractivity contribution >= 4 is 50.7 Å². The van der Waals surface area contributed by atoms with Crippen molar-refractivity contribution in [3.8, 4) is 0 Å². The lowest BCUT2D eigenvalue weighted by Crippen LogP contribution is -2.68. The number of esters is 3. The van der Waals surface area contributed by atoms with Crippen molar-refractivity contribution in [3.63, 3.8) is 0 Å². The summed E-state index contributed by atoms with van der Waals surface area (Å²) in [6.07, 6.45) is 7.87. The molecule has 422 valence electrons. The van der Waals surface area contributed by atoms with Crippen molar-refractivity contribution in [3.05, 3.63) is 84.5 Å². The van der Waals surface area contributed by atoms with Crippen LogP contribution in [0.2, 0.25) is 23.2 Å². The zero-order valence-corrected chi connectivity index (χ0v) is 50.0. The van der Waals surface area contributed by atoms with Crippen molar-refractivity contribution in [1.82, 2.24) is 0 Å². The van der Waals surface area contributed by atoms with E-state index in [4.69, 9.17) is 37.3 Å². The van der Waals surface area contributed by atoms with E-state index in [0.29, 0.717) is 24.8 Å². The van der Waals surface area contributed by atoms with Crippen LogP contribution in [0.1, 0.15) is 165 Å². The molecule has 2 aromatic rings. The summed E-state index contributed by atoms with van der Waals surface area (Å²) in [6.45, 7) is 23.1. The van der Waals surface area contributed by atoms with Gasteiger partial charge in [0, 0.05) is 43.6 Å². The first-order chi connectivity index (χ1) is 35.8. The second kappa shape index (κ2) is 26.4. The number of rotatable bonds is 15. The standard InChI is InChI=1S/C61H92O13Si2/c1-13-14-15-16-23-31-54(63)72-57-43(35-55(64)67-10)34-49-40-51(42-68-75(11,12)58(2,3)4)71-56(65)41-50(74-76(59(5,6)7,52-27-19-17-20-28-52)53-29-21-18-22-30-53)39-46-26-24-25-45(69-46)38-48-37-44(62)36-47(70-48)32-33-60(8,9)61(57,66)73-49/h17-22,27-30,32-33,35,45-51,57,66H,13-16,23-26,31,34,36-42H2,1-12H3/b33-32+,43-35+/t45-,46+,47+,48+,49+,50-,51-,57+,61-/m1/s1. The Kier molecular flexibility index (Phi) is 21.4. The summed E-state index contributed by atoms with van der Waals surface area (Å²) in [5, 5.41) is 14.9. The summed E-state index contributed by atoms with van der Waals surface area (Å²) in [4.78, 5) is 55.8. The number of aliphatic hydroxyl groups is 1. The number of cyclic esters (lactones) is 1. The Bertz CT molecular complexity index is 2250. The van der Waals surface area contributed by atoms with Crippen LogP contribution in [-0.2, 0) is 56.5 Å². The Morgan fingerprint density at radius 1 is 0.776 bits per heavy atom. The summed E-state index contributed by atoms with van der Waals surface area (Å²) < 4.78 is 53.2. The van der Waals surface area contributed by atoms with Gasteiger partial charge in [0.15, 0.2) is 14.4 Å². The van der Waals surface area contributed by atoms with E-state index in [0.717, 1.165) is 55.3 Å². The maximum atomic E-state index is 15.1. The Morgan fingerprint density at radius 3 is 2.01 bits per heavy atom. The summed E-state index contributed by atoms with van der Waals surface area (Å²) in [5.74, 6) is -3.96. The van der Waals surface area contributed by atoms with Crippen LogP contribution in [0, 0.1) is 5.41 Å². The first-order valence-electron chi connectivity index (χ1n) is 28.3. The largest absolute Gasteiger partial charge is 0.466 e. The van der Waals surface area contributed by atoms with Crippen molar-refractivity contribution in [2.45, 2.75) is 243 Å². The number of unbranched alkanes of at least 4 members (excludes halogenated alkanes) is 4. The molecule has 0 aliphatic carbocycles. The molecule has 1 N–H and O–H groups in total. The van der Waals surface area contributed by atoms with E-state index < -0.39 is 87.4 Å². The minimum Gasteiger partial charge on any atom is -0.466 e. The Balaban J connectivity index is 1.47. The van der Waals surface area contributed by atoms with Gasteiger partial charge in [0.2, 0.25) is 5.79 Å². The molecule has 4 heterocycles. The summed E-state index contributed by atoms with van der Waals surface area (Å²) >= 11 is 0. The molecule has 9 atom stereocenters. The summed E-state index contributed by atoms with van der Waals surface area (Å²) in [5.41, 5.74) is -1.05. The van der Waals surface area contributed by atoms with E-state index in [2.05, 4.69) is 85.8 Å². The number of methoxy groups -OCH3 is 1. The highest BCUT2D eigenvalue weighted by Gasteiger charge is 2.58. The number of carbonyl (C=O) groups is 4. The molecule has 13 nitrogen and oxygen atoms in total. The smallest absolute Gasteiger partial charge is 0.330 e. The number of ketones is 1. The maximum absolute atomic E-state index is 15.1. The summed E-state index contributed by atoms with van der Waals surface area (Å²) in [7, 11) is -4.41. The van der Waals surface area contributed by atoms with Crippen LogP contribution < -0.4 is 10.4 Å². The molecule has 4 aliphatic rings. The average molecular weight is 1090 g/mol. The van der Waals surface area contributed by atoms with E-state index in [1.165, 1.54) is 13.2 Å². The third-order valence-electron chi connectivity index (χ3n) is 16.5. The molecule has 76 heavy (non-hydrogen) atoms. The van der Waals surface area contributed by atoms with Gasteiger partial charge in [-0.3, -0.25) is 14.4 Å². The number of benzene rings is 2. The fraction of sp³-hybridized carbons (Fsp3) is 0.672. The molecule has 6 bridgehead atoms. The molecule has 2 aromatic carbocycles. The molecule has 0 spiro atoms. The van der Waals surface area contributed by atoms with Crippen molar-refractivity contribution in [2.24, 2.45) is 5.41 Å². The average Bonchev–Trinajstić information content (AvgIpc) is 3.34.